The van der Waals surface area contributed by atoms with Gasteiger partial charge in [-0.2, -0.15) is 0 Å². The van der Waals surface area contributed by atoms with Crippen LogP contribution >= 0.6 is 0 Å². The zero-order valence-electron chi connectivity index (χ0n) is 11.1. The van der Waals surface area contributed by atoms with Crippen LogP contribution in [0.15, 0.2) is 0 Å². The highest BCUT2D eigenvalue weighted by Gasteiger charge is 2.25. The van der Waals surface area contributed by atoms with E-state index in [9.17, 15) is 14.4 Å². The molecule has 2 fully saturated rings. The molecule has 2 aliphatic heterocycles. The molecule has 7 heteroatoms. The summed E-state index contributed by atoms with van der Waals surface area (Å²) >= 11 is 0. The van der Waals surface area contributed by atoms with Crippen molar-refractivity contribution in [2.24, 2.45) is 0 Å². The number of nitrogens with zero attached hydrogens (tertiary/aromatic N) is 3. The normalized spacial score (nSPS) is 19.6. The topological polar surface area (TPSA) is 70.2 Å². The summed E-state index contributed by atoms with van der Waals surface area (Å²) in [5, 5.41) is 0. The maximum Gasteiger partial charge on any atom is 0.409 e. The first-order valence-electron chi connectivity index (χ1n) is 6.53. The van der Waals surface area contributed by atoms with Crippen molar-refractivity contribution in [3.63, 3.8) is 0 Å². The van der Waals surface area contributed by atoms with Crippen LogP contribution in [-0.2, 0) is 14.3 Å². The Balaban J connectivity index is 1.72. The lowest BCUT2D eigenvalue weighted by Gasteiger charge is -2.34. The summed E-state index contributed by atoms with van der Waals surface area (Å²) in [6, 6.07) is 0. The van der Waals surface area contributed by atoms with E-state index in [4.69, 9.17) is 4.74 Å². The average molecular weight is 269 g/mol. The van der Waals surface area contributed by atoms with Gasteiger partial charge in [0, 0.05) is 46.1 Å². The van der Waals surface area contributed by atoms with Crippen molar-refractivity contribution in [1.82, 2.24) is 14.7 Å². The summed E-state index contributed by atoms with van der Waals surface area (Å²) in [7, 11) is 0. The summed E-state index contributed by atoms with van der Waals surface area (Å²) in [6.45, 7) is 5.24. The molecule has 0 N–H and O–H groups in total. The fraction of sp³-hybridized carbons (Fsp3) is 0.750. The Bertz CT molecular complexity index is 377. The minimum atomic E-state index is -0.339. The minimum Gasteiger partial charge on any atom is -0.448 e. The maximum atomic E-state index is 12.0. The molecule has 0 aromatic heterocycles. The number of cyclic esters (lactones) is 1. The van der Waals surface area contributed by atoms with E-state index < -0.39 is 0 Å². The molecule has 0 atom stereocenters. The summed E-state index contributed by atoms with van der Waals surface area (Å²) in [6.07, 6.45) is -0.0241. The monoisotopic (exact) mass is 269 g/mol. The molecule has 2 rings (SSSR count). The molecule has 0 aromatic rings. The van der Waals surface area contributed by atoms with Gasteiger partial charge in [-0.05, 0) is 0 Å². The largest absolute Gasteiger partial charge is 0.448 e. The lowest BCUT2D eigenvalue weighted by Crippen LogP contribution is -2.50. The molecule has 7 nitrogen and oxygen atoms in total. The number of ether oxygens (including phenoxy) is 1. The van der Waals surface area contributed by atoms with Crippen molar-refractivity contribution in [1.29, 1.82) is 0 Å². The van der Waals surface area contributed by atoms with E-state index >= 15 is 0 Å². The molecule has 0 spiro atoms. The second-order valence-corrected chi connectivity index (χ2v) is 4.74. The van der Waals surface area contributed by atoms with Gasteiger partial charge in [0.2, 0.25) is 11.8 Å². The molecule has 0 saturated carbocycles. The van der Waals surface area contributed by atoms with Crippen molar-refractivity contribution in [2.75, 3.05) is 45.9 Å². The first kappa shape index (κ1) is 13.6. The van der Waals surface area contributed by atoms with Crippen LogP contribution in [0.1, 0.15) is 13.3 Å². The SMILES string of the molecule is CC(=O)N1CCN(C(=O)CCN2CCOC2=O)CC1. The van der Waals surface area contributed by atoms with Crippen LogP contribution in [0.3, 0.4) is 0 Å². The summed E-state index contributed by atoms with van der Waals surface area (Å²) < 4.78 is 4.80. The summed E-state index contributed by atoms with van der Waals surface area (Å²) in [5.74, 6) is 0.0785. The highest BCUT2D eigenvalue weighted by atomic mass is 16.6. The third kappa shape index (κ3) is 3.36. The predicted molar refractivity (Wildman–Crippen MR) is 66.4 cm³/mol. The Hall–Kier alpha value is -1.79. The maximum absolute atomic E-state index is 12.0. The zero-order chi connectivity index (χ0) is 13.8. The van der Waals surface area contributed by atoms with Crippen LogP contribution in [0, 0.1) is 0 Å². The fourth-order valence-corrected chi connectivity index (χ4v) is 2.29. The van der Waals surface area contributed by atoms with E-state index in [2.05, 4.69) is 0 Å². The first-order chi connectivity index (χ1) is 9.08. The van der Waals surface area contributed by atoms with Gasteiger partial charge in [0.05, 0.1) is 6.54 Å². The molecule has 0 unspecified atom stereocenters. The van der Waals surface area contributed by atoms with Crippen LogP contribution in [0.25, 0.3) is 0 Å². The van der Waals surface area contributed by atoms with Crippen LogP contribution in [-0.4, -0.2) is 78.5 Å². The van der Waals surface area contributed by atoms with Crippen molar-refractivity contribution < 1.29 is 19.1 Å². The van der Waals surface area contributed by atoms with Gasteiger partial charge < -0.3 is 19.4 Å². The molecule has 0 aliphatic carbocycles. The van der Waals surface area contributed by atoms with Crippen molar-refractivity contribution in [3.05, 3.63) is 0 Å². The van der Waals surface area contributed by atoms with E-state index in [0.29, 0.717) is 52.3 Å². The van der Waals surface area contributed by atoms with Gasteiger partial charge >= 0.3 is 6.09 Å². The Morgan fingerprint density at radius 2 is 1.74 bits per heavy atom. The van der Waals surface area contributed by atoms with Crippen molar-refractivity contribution >= 4 is 17.9 Å². The molecule has 2 aliphatic rings. The van der Waals surface area contributed by atoms with Crippen LogP contribution < -0.4 is 0 Å². The van der Waals surface area contributed by atoms with Crippen LogP contribution in [0.2, 0.25) is 0 Å². The van der Waals surface area contributed by atoms with E-state index in [1.807, 2.05) is 0 Å². The molecule has 0 aromatic carbocycles. The number of carbonyl (C=O) groups excluding carboxylic acids is 3. The Labute approximate surface area is 112 Å². The molecule has 2 saturated heterocycles. The molecule has 106 valence electrons. The van der Waals surface area contributed by atoms with Gasteiger partial charge in [0.1, 0.15) is 6.61 Å². The molecule has 2 heterocycles. The lowest BCUT2D eigenvalue weighted by molar-refractivity contribution is -0.138. The third-order valence-electron chi connectivity index (χ3n) is 3.52. The lowest BCUT2D eigenvalue weighted by atomic mass is 10.2. The Kier molecular flexibility index (Phi) is 4.24. The smallest absolute Gasteiger partial charge is 0.409 e. The number of hydrogen-bond donors (Lipinski definition) is 0. The quantitative estimate of drug-likeness (QED) is 0.694. The molecule has 3 amide bonds. The Morgan fingerprint density at radius 1 is 1.11 bits per heavy atom. The number of rotatable bonds is 3. The van der Waals surface area contributed by atoms with E-state index in [-0.39, 0.29) is 17.9 Å². The van der Waals surface area contributed by atoms with Gasteiger partial charge in [0.25, 0.3) is 0 Å². The first-order valence-corrected chi connectivity index (χ1v) is 6.53. The van der Waals surface area contributed by atoms with E-state index in [0.717, 1.165) is 0 Å². The summed E-state index contributed by atoms with van der Waals surface area (Å²) in [4.78, 5) is 39.4. The standard InChI is InChI=1S/C12H19N3O4/c1-10(16)13-4-6-14(7-5-13)11(17)2-3-15-8-9-19-12(15)18/h2-9H2,1H3. The number of carbonyl (C=O) groups is 3. The van der Waals surface area contributed by atoms with E-state index in [1.54, 1.807) is 14.7 Å². The number of amides is 3. The van der Waals surface area contributed by atoms with Gasteiger partial charge in [-0.15, -0.1) is 0 Å². The van der Waals surface area contributed by atoms with Gasteiger partial charge in [-0.3, -0.25) is 9.59 Å². The van der Waals surface area contributed by atoms with E-state index in [1.165, 1.54) is 6.92 Å². The van der Waals surface area contributed by atoms with Crippen LogP contribution in [0.5, 0.6) is 0 Å². The van der Waals surface area contributed by atoms with Crippen molar-refractivity contribution in [3.8, 4) is 0 Å². The molecular weight excluding hydrogens is 250 g/mol. The fourth-order valence-electron chi connectivity index (χ4n) is 2.29. The van der Waals surface area contributed by atoms with Gasteiger partial charge in [-0.1, -0.05) is 0 Å². The number of piperazine rings is 1. The number of hydrogen-bond acceptors (Lipinski definition) is 4. The summed E-state index contributed by atoms with van der Waals surface area (Å²) in [5.41, 5.74) is 0. The molecule has 19 heavy (non-hydrogen) atoms. The second-order valence-electron chi connectivity index (χ2n) is 4.74. The second kappa shape index (κ2) is 5.90. The van der Waals surface area contributed by atoms with Crippen molar-refractivity contribution in [2.45, 2.75) is 13.3 Å². The zero-order valence-corrected chi connectivity index (χ0v) is 11.1. The highest BCUT2D eigenvalue weighted by Crippen LogP contribution is 2.07. The van der Waals surface area contributed by atoms with Gasteiger partial charge in [0.15, 0.2) is 0 Å². The molecule has 0 bridgehead atoms. The molecular formula is C12H19N3O4. The average Bonchev–Trinajstić information content (AvgIpc) is 2.81. The van der Waals surface area contributed by atoms with Crippen LogP contribution in [0.4, 0.5) is 4.79 Å². The Morgan fingerprint density at radius 3 is 2.26 bits per heavy atom. The van der Waals surface area contributed by atoms with Gasteiger partial charge in [-0.25, -0.2) is 4.79 Å². The predicted octanol–water partition coefficient (Wildman–Crippen LogP) is -0.481. The third-order valence-corrected chi connectivity index (χ3v) is 3.52. The molecule has 0 radical (unpaired) electrons. The highest BCUT2D eigenvalue weighted by molar-refractivity contribution is 5.78. The minimum absolute atomic E-state index is 0.0305.